The number of methoxy groups -OCH3 is 2. The van der Waals surface area contributed by atoms with Crippen molar-refractivity contribution in [2.24, 2.45) is 4.99 Å². The lowest BCUT2D eigenvalue weighted by Gasteiger charge is -2.33. The van der Waals surface area contributed by atoms with E-state index in [0.29, 0.717) is 17.9 Å². The monoisotopic (exact) mass is 406 g/mol. The molecule has 0 atom stereocenters. The van der Waals surface area contributed by atoms with Crippen LogP contribution in [0.15, 0.2) is 47.5 Å². The normalized spacial score (nSPS) is 16.3. The summed E-state index contributed by atoms with van der Waals surface area (Å²) in [4.78, 5) is 4.49. The van der Waals surface area contributed by atoms with Crippen LogP contribution in [-0.4, -0.2) is 53.3 Å². The number of rotatable bonds is 4. The van der Waals surface area contributed by atoms with Crippen molar-refractivity contribution in [3.8, 4) is 23.0 Å². The van der Waals surface area contributed by atoms with Crippen molar-refractivity contribution in [1.82, 2.24) is 15.1 Å². The first-order chi connectivity index (χ1) is 14.6. The van der Waals surface area contributed by atoms with Crippen LogP contribution in [0, 0.1) is 0 Å². The lowest BCUT2D eigenvalue weighted by atomic mass is 9.71. The maximum Gasteiger partial charge on any atom is 0.219 e. The van der Waals surface area contributed by atoms with E-state index in [1.165, 1.54) is 14.2 Å². The van der Waals surface area contributed by atoms with E-state index >= 15 is 0 Å². The van der Waals surface area contributed by atoms with Gasteiger partial charge < -0.3 is 25.0 Å². The fourth-order valence-corrected chi connectivity index (χ4v) is 4.38. The fourth-order valence-electron chi connectivity index (χ4n) is 4.38. The topological polar surface area (TPSA) is 101 Å². The van der Waals surface area contributed by atoms with Crippen LogP contribution in [0.2, 0.25) is 0 Å². The van der Waals surface area contributed by atoms with Crippen LogP contribution in [0.25, 0.3) is 0 Å². The Morgan fingerprint density at radius 3 is 2.07 bits per heavy atom. The van der Waals surface area contributed by atoms with Gasteiger partial charge in [-0.2, -0.15) is 5.10 Å². The molecule has 0 saturated carbocycles. The zero-order valence-corrected chi connectivity index (χ0v) is 16.7. The first-order valence-corrected chi connectivity index (χ1v) is 9.70. The largest absolute Gasteiger partial charge is 0.504 e. The molecule has 5 rings (SSSR count). The van der Waals surface area contributed by atoms with Crippen LogP contribution in [0.3, 0.4) is 0 Å². The van der Waals surface area contributed by atoms with Gasteiger partial charge in [-0.1, -0.05) is 12.1 Å². The molecule has 154 valence electrons. The van der Waals surface area contributed by atoms with E-state index in [9.17, 15) is 10.2 Å². The molecule has 0 saturated heterocycles. The Balaban J connectivity index is 1.71. The van der Waals surface area contributed by atoms with Gasteiger partial charge in [-0.05, 0) is 41.5 Å². The second-order valence-corrected chi connectivity index (χ2v) is 7.42. The molecule has 1 aliphatic heterocycles. The van der Waals surface area contributed by atoms with E-state index in [1.807, 2.05) is 28.9 Å². The number of aromatic hydroxyl groups is 2. The van der Waals surface area contributed by atoms with Crippen molar-refractivity contribution in [2.75, 3.05) is 27.3 Å². The number of phenols is 2. The lowest BCUT2D eigenvalue weighted by Crippen LogP contribution is -2.37. The third kappa shape index (κ3) is 2.53. The molecular formula is C22H22N4O4. The minimum atomic E-state index is -0.604. The minimum absolute atomic E-state index is 0.0764. The number of aromatic nitrogens is 2. The molecule has 0 spiro atoms. The maximum atomic E-state index is 10.1. The molecule has 0 unspecified atom stereocenters. The molecule has 2 aliphatic rings. The minimum Gasteiger partial charge on any atom is -0.504 e. The van der Waals surface area contributed by atoms with Crippen LogP contribution in [0.4, 0.5) is 0 Å². The Labute approximate surface area is 173 Å². The molecule has 0 radical (unpaired) electrons. The second kappa shape index (κ2) is 6.69. The molecule has 3 aromatic rings. The van der Waals surface area contributed by atoms with E-state index in [2.05, 4.69) is 16.4 Å². The number of hydrogen-bond donors (Lipinski definition) is 3. The van der Waals surface area contributed by atoms with Gasteiger partial charge in [0.05, 0.1) is 31.9 Å². The van der Waals surface area contributed by atoms with Crippen LogP contribution >= 0.6 is 0 Å². The Morgan fingerprint density at radius 1 is 0.967 bits per heavy atom. The third-order valence-corrected chi connectivity index (χ3v) is 5.87. The van der Waals surface area contributed by atoms with Gasteiger partial charge in [0.15, 0.2) is 23.0 Å². The van der Waals surface area contributed by atoms with Gasteiger partial charge in [0.1, 0.15) is 0 Å². The fraction of sp³-hybridized carbons (Fsp3) is 0.273. The highest BCUT2D eigenvalue weighted by Crippen LogP contribution is 2.49. The molecule has 0 amide bonds. The number of ether oxygens (including phenoxy) is 2. The molecule has 2 aromatic carbocycles. The van der Waals surface area contributed by atoms with Crippen molar-refractivity contribution in [1.29, 1.82) is 0 Å². The van der Waals surface area contributed by atoms with Gasteiger partial charge in [0.2, 0.25) is 5.96 Å². The molecule has 8 heteroatoms. The van der Waals surface area contributed by atoms with Gasteiger partial charge in [0, 0.05) is 18.7 Å². The Bertz CT molecular complexity index is 1110. The van der Waals surface area contributed by atoms with E-state index in [1.54, 1.807) is 12.1 Å². The summed E-state index contributed by atoms with van der Waals surface area (Å²) >= 11 is 0. The highest BCUT2D eigenvalue weighted by molar-refractivity contribution is 5.84. The summed E-state index contributed by atoms with van der Waals surface area (Å²) in [6.45, 7) is 1.54. The molecule has 2 heterocycles. The summed E-state index contributed by atoms with van der Waals surface area (Å²) in [6.07, 6.45) is 0.647. The third-order valence-electron chi connectivity index (χ3n) is 5.87. The molecule has 3 N–H and O–H groups in total. The standard InChI is InChI=1S/C22H22N4O4/c1-29-18-9-13(3-5-16(18)27)22(14-4-6-17(28)19(10-14)30-2)12-15-11-20(22)25-26(15)21-23-7-8-24-21/h3-6,9-11,27-28H,7-8,12H2,1-2H3,(H,23,24). The van der Waals surface area contributed by atoms with Crippen LogP contribution in [0.5, 0.6) is 23.0 Å². The summed E-state index contributed by atoms with van der Waals surface area (Å²) in [5, 5.41) is 28.4. The quantitative estimate of drug-likeness (QED) is 0.613. The summed E-state index contributed by atoms with van der Waals surface area (Å²) in [6, 6.07) is 12.8. The zero-order valence-electron chi connectivity index (χ0n) is 16.7. The van der Waals surface area contributed by atoms with E-state index in [-0.39, 0.29) is 11.5 Å². The lowest BCUT2D eigenvalue weighted by molar-refractivity contribution is 0.370. The predicted molar refractivity (Wildman–Crippen MR) is 111 cm³/mol. The van der Waals surface area contributed by atoms with Gasteiger partial charge in [-0.3, -0.25) is 0 Å². The summed E-state index contributed by atoms with van der Waals surface area (Å²) in [7, 11) is 3.06. The van der Waals surface area contributed by atoms with Crippen LogP contribution in [0.1, 0.15) is 22.5 Å². The summed E-state index contributed by atoms with van der Waals surface area (Å²) in [5.74, 6) is 1.70. The maximum absolute atomic E-state index is 10.1. The predicted octanol–water partition coefficient (Wildman–Crippen LogP) is 2.01. The average Bonchev–Trinajstić information content (AvgIpc) is 3.50. The number of benzene rings is 2. The molecule has 0 fully saturated rings. The molecule has 1 aromatic heterocycles. The van der Waals surface area contributed by atoms with Gasteiger partial charge in [-0.25, -0.2) is 9.67 Å². The second-order valence-electron chi connectivity index (χ2n) is 7.42. The van der Waals surface area contributed by atoms with Gasteiger partial charge in [-0.15, -0.1) is 0 Å². The number of aliphatic imine (C=N–C) groups is 1. The van der Waals surface area contributed by atoms with Crippen LogP contribution in [-0.2, 0) is 11.8 Å². The zero-order chi connectivity index (χ0) is 20.9. The van der Waals surface area contributed by atoms with Crippen molar-refractivity contribution < 1.29 is 19.7 Å². The SMILES string of the molecule is COc1cc(C2(c3ccc(O)c(OC)c3)Cc3cc2nn3C2=NCCN2)ccc1O. The van der Waals surface area contributed by atoms with E-state index in [4.69, 9.17) is 14.6 Å². The molecular weight excluding hydrogens is 384 g/mol. The van der Waals surface area contributed by atoms with Gasteiger partial charge >= 0.3 is 0 Å². The van der Waals surface area contributed by atoms with Crippen molar-refractivity contribution in [3.63, 3.8) is 0 Å². The van der Waals surface area contributed by atoms with Crippen LogP contribution < -0.4 is 14.8 Å². The first kappa shape index (κ1) is 18.4. The number of fused-ring (bicyclic) bond motifs is 2. The van der Waals surface area contributed by atoms with E-state index in [0.717, 1.165) is 41.6 Å². The number of nitrogens with zero attached hydrogens (tertiary/aromatic N) is 3. The first-order valence-electron chi connectivity index (χ1n) is 9.70. The Hall–Kier alpha value is -3.68. The molecule has 2 bridgehead atoms. The summed E-state index contributed by atoms with van der Waals surface area (Å²) < 4.78 is 12.6. The number of nitrogens with one attached hydrogen (secondary N) is 1. The molecule has 30 heavy (non-hydrogen) atoms. The van der Waals surface area contributed by atoms with E-state index < -0.39 is 5.41 Å². The van der Waals surface area contributed by atoms with Crippen molar-refractivity contribution >= 4 is 5.96 Å². The highest BCUT2D eigenvalue weighted by Gasteiger charge is 2.46. The Kier molecular flexibility index (Phi) is 4.09. The molecule has 1 aliphatic carbocycles. The smallest absolute Gasteiger partial charge is 0.219 e. The highest BCUT2D eigenvalue weighted by atomic mass is 16.5. The molecule has 8 nitrogen and oxygen atoms in total. The Morgan fingerprint density at radius 2 is 1.60 bits per heavy atom. The van der Waals surface area contributed by atoms with Gasteiger partial charge in [0.25, 0.3) is 0 Å². The van der Waals surface area contributed by atoms with Crippen molar-refractivity contribution in [3.05, 3.63) is 65.0 Å². The van der Waals surface area contributed by atoms with Crippen molar-refractivity contribution in [2.45, 2.75) is 11.8 Å². The average molecular weight is 406 g/mol. The number of hydrogen-bond acceptors (Lipinski definition) is 7. The number of phenolic OH excluding ortho intramolecular Hbond substituents is 2. The summed E-state index contributed by atoms with van der Waals surface area (Å²) in [5.41, 5.74) is 3.13.